The van der Waals surface area contributed by atoms with Crippen LogP contribution in [0.3, 0.4) is 0 Å². The normalized spacial score (nSPS) is 14.7. The fourth-order valence-electron chi connectivity index (χ4n) is 2.05. The molecule has 1 aromatic rings. The average molecular weight is 260 g/mol. The summed E-state index contributed by atoms with van der Waals surface area (Å²) in [5.74, 6) is 0.636. The second-order valence-electron chi connectivity index (χ2n) is 4.45. The monoisotopic (exact) mass is 260 g/mol. The third kappa shape index (κ3) is 4.10. The molecule has 2 N–H and O–H groups in total. The van der Waals surface area contributed by atoms with Crippen LogP contribution in [0.1, 0.15) is 18.9 Å². The van der Waals surface area contributed by atoms with Crippen LogP contribution in [0.4, 0.5) is 0 Å². The molecule has 0 fully saturated rings. The van der Waals surface area contributed by atoms with E-state index in [4.69, 9.17) is 4.74 Å². The summed E-state index contributed by atoms with van der Waals surface area (Å²) in [6.07, 6.45) is 3.27. The summed E-state index contributed by atoms with van der Waals surface area (Å²) < 4.78 is 5.42. The Labute approximate surface area is 113 Å². The lowest BCUT2D eigenvalue weighted by molar-refractivity contribution is -0.122. The SMILES string of the molecule is CCNC(=O)COc1ccc(C2=CCNCC2)cc1. The summed E-state index contributed by atoms with van der Waals surface area (Å²) in [7, 11) is 0. The topological polar surface area (TPSA) is 50.4 Å². The van der Waals surface area contributed by atoms with Gasteiger partial charge in [-0.05, 0) is 43.2 Å². The summed E-state index contributed by atoms with van der Waals surface area (Å²) in [4.78, 5) is 11.3. The van der Waals surface area contributed by atoms with Gasteiger partial charge in [0, 0.05) is 13.1 Å². The molecule has 0 aliphatic carbocycles. The van der Waals surface area contributed by atoms with Crippen molar-refractivity contribution in [2.75, 3.05) is 26.2 Å². The van der Waals surface area contributed by atoms with Gasteiger partial charge in [-0.2, -0.15) is 0 Å². The zero-order valence-corrected chi connectivity index (χ0v) is 11.2. The number of carbonyl (C=O) groups is 1. The summed E-state index contributed by atoms with van der Waals surface area (Å²) in [5, 5.41) is 5.99. The molecule has 2 rings (SSSR count). The lowest BCUT2D eigenvalue weighted by Crippen LogP contribution is -2.28. The number of hydrogen-bond donors (Lipinski definition) is 2. The van der Waals surface area contributed by atoms with Gasteiger partial charge in [-0.1, -0.05) is 18.2 Å². The Morgan fingerprint density at radius 3 is 2.79 bits per heavy atom. The van der Waals surface area contributed by atoms with Crippen molar-refractivity contribution in [2.45, 2.75) is 13.3 Å². The zero-order chi connectivity index (χ0) is 13.5. The fraction of sp³-hybridized carbons (Fsp3) is 0.400. The molecule has 0 atom stereocenters. The van der Waals surface area contributed by atoms with Gasteiger partial charge in [-0.3, -0.25) is 4.79 Å². The van der Waals surface area contributed by atoms with Crippen LogP contribution in [-0.2, 0) is 4.79 Å². The van der Waals surface area contributed by atoms with Crippen molar-refractivity contribution >= 4 is 11.5 Å². The van der Waals surface area contributed by atoms with Gasteiger partial charge in [-0.25, -0.2) is 0 Å². The van der Waals surface area contributed by atoms with E-state index in [0.29, 0.717) is 6.54 Å². The van der Waals surface area contributed by atoms with Crippen molar-refractivity contribution in [3.8, 4) is 5.75 Å². The number of likely N-dealkylation sites (N-methyl/N-ethyl adjacent to an activating group) is 1. The van der Waals surface area contributed by atoms with Crippen molar-refractivity contribution in [1.29, 1.82) is 0 Å². The first-order chi connectivity index (χ1) is 9.29. The molecule has 0 saturated heterocycles. The highest BCUT2D eigenvalue weighted by molar-refractivity contribution is 5.77. The second-order valence-corrected chi connectivity index (χ2v) is 4.45. The Morgan fingerprint density at radius 1 is 1.37 bits per heavy atom. The van der Waals surface area contributed by atoms with E-state index in [2.05, 4.69) is 16.7 Å². The molecule has 4 nitrogen and oxygen atoms in total. The molecule has 1 aromatic carbocycles. The van der Waals surface area contributed by atoms with E-state index in [9.17, 15) is 4.79 Å². The molecule has 1 heterocycles. The van der Waals surface area contributed by atoms with Crippen LogP contribution in [0.25, 0.3) is 5.57 Å². The molecule has 1 amide bonds. The quantitative estimate of drug-likeness (QED) is 0.845. The van der Waals surface area contributed by atoms with E-state index < -0.39 is 0 Å². The molecule has 4 heteroatoms. The van der Waals surface area contributed by atoms with Crippen LogP contribution in [0.15, 0.2) is 30.3 Å². The summed E-state index contributed by atoms with van der Waals surface area (Å²) >= 11 is 0. The molecular weight excluding hydrogens is 240 g/mol. The Hall–Kier alpha value is -1.81. The number of rotatable bonds is 5. The predicted molar refractivity (Wildman–Crippen MR) is 76.1 cm³/mol. The number of hydrogen-bond acceptors (Lipinski definition) is 3. The van der Waals surface area contributed by atoms with Crippen molar-refractivity contribution in [3.63, 3.8) is 0 Å². The molecule has 0 unspecified atom stereocenters. The van der Waals surface area contributed by atoms with Gasteiger partial charge >= 0.3 is 0 Å². The van der Waals surface area contributed by atoms with Crippen LogP contribution >= 0.6 is 0 Å². The molecule has 0 bridgehead atoms. The first-order valence-corrected chi connectivity index (χ1v) is 6.69. The Morgan fingerprint density at radius 2 is 2.16 bits per heavy atom. The van der Waals surface area contributed by atoms with Gasteiger partial charge in [-0.15, -0.1) is 0 Å². The lowest BCUT2D eigenvalue weighted by atomic mass is 10.0. The number of carbonyl (C=O) groups excluding carboxylic acids is 1. The first kappa shape index (κ1) is 13.6. The first-order valence-electron chi connectivity index (χ1n) is 6.69. The third-order valence-corrected chi connectivity index (χ3v) is 3.03. The van der Waals surface area contributed by atoms with E-state index in [1.165, 1.54) is 11.1 Å². The Bertz CT molecular complexity index is 452. The second kappa shape index (κ2) is 6.95. The molecule has 0 saturated carbocycles. The van der Waals surface area contributed by atoms with Gasteiger partial charge in [0.15, 0.2) is 6.61 Å². The van der Waals surface area contributed by atoms with Crippen LogP contribution in [0.5, 0.6) is 5.75 Å². The molecule has 1 aliphatic rings. The van der Waals surface area contributed by atoms with E-state index in [-0.39, 0.29) is 12.5 Å². The predicted octanol–water partition coefficient (Wildman–Crippen LogP) is 1.58. The third-order valence-electron chi connectivity index (χ3n) is 3.03. The minimum absolute atomic E-state index is 0.0692. The smallest absolute Gasteiger partial charge is 0.257 e. The summed E-state index contributed by atoms with van der Waals surface area (Å²) in [5.41, 5.74) is 2.60. The van der Waals surface area contributed by atoms with Crippen molar-refractivity contribution in [3.05, 3.63) is 35.9 Å². The van der Waals surface area contributed by atoms with Gasteiger partial charge in [0.1, 0.15) is 5.75 Å². The maximum absolute atomic E-state index is 11.3. The van der Waals surface area contributed by atoms with E-state index in [1.54, 1.807) is 0 Å². The van der Waals surface area contributed by atoms with Crippen molar-refractivity contribution < 1.29 is 9.53 Å². The minimum Gasteiger partial charge on any atom is -0.484 e. The number of ether oxygens (including phenoxy) is 1. The standard InChI is InChI=1S/C15H20N2O2/c1-2-17-15(18)11-19-14-5-3-12(4-6-14)13-7-9-16-10-8-13/h3-7,16H,2,8-11H2,1H3,(H,17,18). The largest absolute Gasteiger partial charge is 0.484 e. The maximum Gasteiger partial charge on any atom is 0.257 e. The number of benzene rings is 1. The average Bonchev–Trinajstić information content (AvgIpc) is 2.47. The van der Waals surface area contributed by atoms with E-state index >= 15 is 0 Å². The molecule has 0 spiro atoms. The van der Waals surface area contributed by atoms with Gasteiger partial charge in [0.25, 0.3) is 5.91 Å². The fourth-order valence-corrected chi connectivity index (χ4v) is 2.05. The van der Waals surface area contributed by atoms with Gasteiger partial charge in [0.05, 0.1) is 0 Å². The van der Waals surface area contributed by atoms with Crippen LogP contribution < -0.4 is 15.4 Å². The van der Waals surface area contributed by atoms with E-state index in [1.807, 2.05) is 31.2 Å². The van der Waals surface area contributed by atoms with Gasteiger partial charge < -0.3 is 15.4 Å². The molecule has 1 aliphatic heterocycles. The Balaban J connectivity index is 1.91. The van der Waals surface area contributed by atoms with E-state index in [0.717, 1.165) is 25.3 Å². The summed E-state index contributed by atoms with van der Waals surface area (Å²) in [6, 6.07) is 7.92. The minimum atomic E-state index is -0.0901. The van der Waals surface area contributed by atoms with Crippen LogP contribution in [-0.4, -0.2) is 32.1 Å². The van der Waals surface area contributed by atoms with Crippen molar-refractivity contribution in [2.24, 2.45) is 0 Å². The highest BCUT2D eigenvalue weighted by atomic mass is 16.5. The lowest BCUT2D eigenvalue weighted by Gasteiger charge is -2.14. The Kier molecular flexibility index (Phi) is 4.98. The zero-order valence-electron chi connectivity index (χ0n) is 11.2. The molecule has 0 aromatic heterocycles. The number of amides is 1. The van der Waals surface area contributed by atoms with Crippen LogP contribution in [0.2, 0.25) is 0 Å². The van der Waals surface area contributed by atoms with Gasteiger partial charge in [0.2, 0.25) is 0 Å². The molecule has 102 valence electrons. The highest BCUT2D eigenvalue weighted by Crippen LogP contribution is 2.22. The molecule has 0 radical (unpaired) electrons. The van der Waals surface area contributed by atoms with Crippen LogP contribution in [0, 0.1) is 0 Å². The van der Waals surface area contributed by atoms with Crippen molar-refractivity contribution in [1.82, 2.24) is 10.6 Å². The molecule has 19 heavy (non-hydrogen) atoms. The maximum atomic E-state index is 11.3. The highest BCUT2D eigenvalue weighted by Gasteiger charge is 2.06. The summed E-state index contributed by atoms with van der Waals surface area (Å²) in [6.45, 7) is 4.55. The number of nitrogens with one attached hydrogen (secondary N) is 2. The molecular formula is C15H20N2O2.